The SMILES string of the molecule is Cc1ccc(C#N)cc1NC(=O)N1CCC(CN2CCCCC2)C1. The quantitative estimate of drug-likeness (QED) is 0.928. The number of likely N-dealkylation sites (tertiary alicyclic amines) is 2. The summed E-state index contributed by atoms with van der Waals surface area (Å²) < 4.78 is 0. The maximum absolute atomic E-state index is 12.5. The van der Waals surface area contributed by atoms with E-state index in [2.05, 4.69) is 16.3 Å². The number of piperidine rings is 1. The Balaban J connectivity index is 1.54. The molecule has 2 aliphatic rings. The molecular formula is C19H26N4O. The number of nitrogens with zero attached hydrogens (tertiary/aromatic N) is 3. The third-order valence-corrected chi connectivity index (χ3v) is 5.15. The number of anilines is 1. The van der Waals surface area contributed by atoms with Gasteiger partial charge in [-0.05, 0) is 62.9 Å². The lowest BCUT2D eigenvalue weighted by molar-refractivity contribution is 0.192. The Kier molecular flexibility index (Phi) is 5.37. The van der Waals surface area contributed by atoms with Gasteiger partial charge in [-0.3, -0.25) is 0 Å². The van der Waals surface area contributed by atoms with Crippen LogP contribution in [0.4, 0.5) is 10.5 Å². The molecule has 1 aromatic carbocycles. The van der Waals surface area contributed by atoms with Crippen molar-refractivity contribution in [1.82, 2.24) is 9.80 Å². The lowest BCUT2D eigenvalue weighted by Crippen LogP contribution is -2.37. The van der Waals surface area contributed by atoms with Gasteiger partial charge in [0.1, 0.15) is 0 Å². The molecule has 2 aliphatic heterocycles. The first-order valence-electron chi connectivity index (χ1n) is 8.95. The van der Waals surface area contributed by atoms with Crippen molar-refractivity contribution in [2.75, 3.05) is 38.0 Å². The third-order valence-electron chi connectivity index (χ3n) is 5.15. The van der Waals surface area contributed by atoms with Crippen LogP contribution in [0.15, 0.2) is 18.2 Å². The maximum Gasteiger partial charge on any atom is 0.321 e. The van der Waals surface area contributed by atoms with Gasteiger partial charge in [-0.2, -0.15) is 5.26 Å². The van der Waals surface area contributed by atoms with Crippen molar-refractivity contribution < 1.29 is 4.79 Å². The van der Waals surface area contributed by atoms with Crippen molar-refractivity contribution in [1.29, 1.82) is 5.26 Å². The van der Waals surface area contributed by atoms with Crippen LogP contribution < -0.4 is 5.32 Å². The minimum absolute atomic E-state index is 0.0469. The summed E-state index contributed by atoms with van der Waals surface area (Å²) in [6, 6.07) is 7.46. The second-order valence-electron chi connectivity index (χ2n) is 7.03. The smallest absolute Gasteiger partial charge is 0.321 e. The lowest BCUT2D eigenvalue weighted by Gasteiger charge is -2.29. The number of hydrogen-bond donors (Lipinski definition) is 1. The fourth-order valence-corrected chi connectivity index (χ4v) is 3.69. The number of hydrogen-bond acceptors (Lipinski definition) is 3. The van der Waals surface area contributed by atoms with Crippen LogP contribution in [0.1, 0.15) is 36.8 Å². The first-order chi connectivity index (χ1) is 11.7. The molecule has 2 heterocycles. The van der Waals surface area contributed by atoms with Gasteiger partial charge >= 0.3 is 6.03 Å². The van der Waals surface area contributed by atoms with Crippen molar-refractivity contribution in [2.45, 2.75) is 32.6 Å². The summed E-state index contributed by atoms with van der Waals surface area (Å²) in [6.07, 6.45) is 5.06. The minimum atomic E-state index is -0.0469. The summed E-state index contributed by atoms with van der Waals surface area (Å²) in [5.74, 6) is 0.584. The molecule has 1 unspecified atom stereocenters. The topological polar surface area (TPSA) is 59.4 Å². The molecule has 2 fully saturated rings. The van der Waals surface area contributed by atoms with Gasteiger partial charge in [-0.15, -0.1) is 0 Å². The second-order valence-corrected chi connectivity index (χ2v) is 7.03. The molecule has 0 aromatic heterocycles. The van der Waals surface area contributed by atoms with Crippen LogP contribution in [0.5, 0.6) is 0 Å². The molecule has 0 bridgehead atoms. The molecule has 5 nitrogen and oxygen atoms in total. The zero-order valence-corrected chi connectivity index (χ0v) is 14.4. The van der Waals surface area contributed by atoms with Crippen molar-refractivity contribution >= 4 is 11.7 Å². The molecule has 2 amide bonds. The lowest BCUT2D eigenvalue weighted by atomic mass is 10.1. The molecule has 3 rings (SSSR count). The largest absolute Gasteiger partial charge is 0.324 e. The van der Waals surface area contributed by atoms with E-state index < -0.39 is 0 Å². The van der Waals surface area contributed by atoms with E-state index in [-0.39, 0.29) is 6.03 Å². The number of benzene rings is 1. The summed E-state index contributed by atoms with van der Waals surface area (Å²) in [6.45, 7) is 7.14. The number of carbonyl (C=O) groups excluding carboxylic acids is 1. The van der Waals surface area contributed by atoms with E-state index in [0.717, 1.165) is 37.3 Å². The van der Waals surface area contributed by atoms with Crippen molar-refractivity contribution in [3.8, 4) is 6.07 Å². The monoisotopic (exact) mass is 326 g/mol. The highest BCUT2D eigenvalue weighted by molar-refractivity contribution is 5.90. The van der Waals surface area contributed by atoms with E-state index in [1.807, 2.05) is 17.9 Å². The first-order valence-corrected chi connectivity index (χ1v) is 8.95. The molecule has 0 radical (unpaired) electrons. The average Bonchev–Trinajstić information content (AvgIpc) is 3.06. The Labute approximate surface area is 144 Å². The molecule has 0 saturated carbocycles. The van der Waals surface area contributed by atoms with Crippen LogP contribution in [0.3, 0.4) is 0 Å². The van der Waals surface area contributed by atoms with Crippen LogP contribution in [-0.4, -0.2) is 48.6 Å². The van der Waals surface area contributed by atoms with Gasteiger partial charge in [-0.1, -0.05) is 12.5 Å². The van der Waals surface area contributed by atoms with Gasteiger partial charge in [0.25, 0.3) is 0 Å². The summed E-state index contributed by atoms with van der Waals surface area (Å²) in [4.78, 5) is 17.0. The van der Waals surface area contributed by atoms with E-state index >= 15 is 0 Å². The van der Waals surface area contributed by atoms with Gasteiger partial charge < -0.3 is 15.1 Å². The molecule has 128 valence electrons. The molecule has 1 N–H and O–H groups in total. The normalized spacial score (nSPS) is 21.5. The molecule has 2 saturated heterocycles. The van der Waals surface area contributed by atoms with Gasteiger partial charge in [0.15, 0.2) is 0 Å². The highest BCUT2D eigenvalue weighted by Gasteiger charge is 2.28. The molecular weight excluding hydrogens is 300 g/mol. The summed E-state index contributed by atoms with van der Waals surface area (Å²) in [5.41, 5.74) is 2.28. The first kappa shape index (κ1) is 16.8. The molecule has 5 heteroatoms. The van der Waals surface area contributed by atoms with Gasteiger partial charge in [-0.25, -0.2) is 4.79 Å². The molecule has 24 heavy (non-hydrogen) atoms. The Bertz CT molecular complexity index is 631. The van der Waals surface area contributed by atoms with Crippen molar-refractivity contribution in [3.63, 3.8) is 0 Å². The number of nitrogens with one attached hydrogen (secondary N) is 1. The Morgan fingerprint density at radius 1 is 1.29 bits per heavy atom. The Morgan fingerprint density at radius 2 is 2.08 bits per heavy atom. The number of rotatable bonds is 3. The zero-order chi connectivity index (χ0) is 16.9. The second kappa shape index (κ2) is 7.67. The number of aryl methyl sites for hydroxylation is 1. The van der Waals surface area contributed by atoms with Crippen LogP contribution in [0.25, 0.3) is 0 Å². The zero-order valence-electron chi connectivity index (χ0n) is 14.4. The van der Waals surface area contributed by atoms with Crippen LogP contribution in [0.2, 0.25) is 0 Å². The Hall–Kier alpha value is -2.06. The van der Waals surface area contributed by atoms with E-state index in [1.54, 1.807) is 12.1 Å². The van der Waals surface area contributed by atoms with E-state index in [0.29, 0.717) is 11.5 Å². The highest BCUT2D eigenvalue weighted by atomic mass is 16.2. The number of carbonyl (C=O) groups is 1. The standard InChI is InChI=1S/C19H26N4O/c1-15-5-6-16(12-20)11-18(15)21-19(24)23-10-7-17(14-23)13-22-8-3-2-4-9-22/h5-6,11,17H,2-4,7-10,13-14H2,1H3,(H,21,24). The number of nitriles is 1. The fraction of sp³-hybridized carbons (Fsp3) is 0.579. The summed E-state index contributed by atoms with van der Waals surface area (Å²) >= 11 is 0. The maximum atomic E-state index is 12.5. The van der Waals surface area contributed by atoms with E-state index in [4.69, 9.17) is 5.26 Å². The summed E-state index contributed by atoms with van der Waals surface area (Å²) in [7, 11) is 0. The van der Waals surface area contributed by atoms with Gasteiger partial charge in [0, 0.05) is 25.3 Å². The minimum Gasteiger partial charge on any atom is -0.324 e. The van der Waals surface area contributed by atoms with Crippen molar-refractivity contribution in [3.05, 3.63) is 29.3 Å². The van der Waals surface area contributed by atoms with E-state index in [1.165, 1.54) is 32.4 Å². The molecule has 1 atom stereocenters. The molecule has 1 aromatic rings. The summed E-state index contributed by atoms with van der Waals surface area (Å²) in [5, 5.41) is 12.0. The van der Waals surface area contributed by atoms with Crippen LogP contribution in [-0.2, 0) is 0 Å². The van der Waals surface area contributed by atoms with Gasteiger partial charge in [0.05, 0.1) is 11.6 Å². The average molecular weight is 326 g/mol. The number of amides is 2. The Morgan fingerprint density at radius 3 is 2.83 bits per heavy atom. The number of urea groups is 1. The van der Waals surface area contributed by atoms with E-state index in [9.17, 15) is 4.79 Å². The molecule has 0 aliphatic carbocycles. The van der Waals surface area contributed by atoms with Gasteiger partial charge in [0.2, 0.25) is 0 Å². The van der Waals surface area contributed by atoms with Crippen molar-refractivity contribution in [2.24, 2.45) is 5.92 Å². The fourth-order valence-electron chi connectivity index (χ4n) is 3.69. The van der Waals surface area contributed by atoms with Crippen LogP contribution in [0, 0.1) is 24.2 Å². The predicted octanol–water partition coefficient (Wildman–Crippen LogP) is 3.21. The molecule has 0 spiro atoms. The predicted molar refractivity (Wildman–Crippen MR) is 94.9 cm³/mol. The highest BCUT2D eigenvalue weighted by Crippen LogP contribution is 2.22. The van der Waals surface area contributed by atoms with Crippen LogP contribution >= 0.6 is 0 Å². The third kappa shape index (κ3) is 4.07.